The van der Waals surface area contributed by atoms with Crippen molar-refractivity contribution >= 4 is 0 Å². The van der Waals surface area contributed by atoms with E-state index in [1.54, 1.807) is 0 Å². The van der Waals surface area contributed by atoms with E-state index in [4.69, 9.17) is 0 Å². The molecule has 0 aromatic heterocycles. The summed E-state index contributed by atoms with van der Waals surface area (Å²) in [6.07, 6.45) is 8.93. The van der Waals surface area contributed by atoms with Gasteiger partial charge in [-0.25, -0.2) is 0 Å². The number of rotatable bonds is 2. The molecule has 0 aromatic carbocycles. The molecule has 0 radical (unpaired) electrons. The second kappa shape index (κ2) is 3.58. The highest BCUT2D eigenvalue weighted by molar-refractivity contribution is 5.12. The third-order valence-corrected chi connectivity index (χ3v) is 1.91. The lowest BCUT2D eigenvalue weighted by atomic mass is 10.3. The molecule has 2 heteroatoms. The molecule has 0 amide bonds. The van der Waals surface area contributed by atoms with Gasteiger partial charge in [-0.15, -0.1) is 0 Å². The predicted octanol–water partition coefficient (Wildman–Crippen LogP) is 1.28. The van der Waals surface area contributed by atoms with E-state index in [1.807, 2.05) is 0 Å². The van der Waals surface area contributed by atoms with Gasteiger partial charge in [0.25, 0.3) is 0 Å². The Kier molecular flexibility index (Phi) is 2.71. The van der Waals surface area contributed by atoms with Crippen LogP contribution in [-0.2, 0) is 0 Å². The van der Waals surface area contributed by atoms with E-state index in [0.717, 1.165) is 6.54 Å². The standard InChI is InChI=1S/C9H16N2/c1-4-11-8-6-5-7-9(11)10(2)3/h5-9H,4H2,1-3H3. The van der Waals surface area contributed by atoms with E-state index < -0.39 is 0 Å². The van der Waals surface area contributed by atoms with Crippen molar-refractivity contribution in [1.29, 1.82) is 0 Å². The van der Waals surface area contributed by atoms with Gasteiger partial charge in [-0.05, 0) is 33.2 Å². The molecule has 1 atom stereocenters. The molecule has 1 heterocycles. The zero-order chi connectivity index (χ0) is 8.27. The zero-order valence-corrected chi connectivity index (χ0v) is 7.49. The van der Waals surface area contributed by atoms with Gasteiger partial charge in [0, 0.05) is 12.7 Å². The first-order valence-corrected chi connectivity index (χ1v) is 4.03. The van der Waals surface area contributed by atoms with Gasteiger partial charge in [-0.2, -0.15) is 0 Å². The smallest absolute Gasteiger partial charge is 0.100 e. The monoisotopic (exact) mass is 152 g/mol. The van der Waals surface area contributed by atoms with Crippen molar-refractivity contribution in [2.24, 2.45) is 0 Å². The Bertz CT molecular complexity index is 170. The van der Waals surface area contributed by atoms with Crippen LogP contribution >= 0.6 is 0 Å². The minimum Gasteiger partial charge on any atom is -0.359 e. The van der Waals surface area contributed by atoms with Gasteiger partial charge in [-0.3, -0.25) is 4.90 Å². The fraction of sp³-hybridized carbons (Fsp3) is 0.556. The molecule has 62 valence electrons. The van der Waals surface area contributed by atoms with Crippen molar-refractivity contribution in [3.63, 3.8) is 0 Å². The van der Waals surface area contributed by atoms with Crippen LogP contribution in [-0.4, -0.2) is 36.6 Å². The van der Waals surface area contributed by atoms with Crippen LogP contribution in [0, 0.1) is 0 Å². The van der Waals surface area contributed by atoms with Gasteiger partial charge in [0.05, 0.1) is 0 Å². The predicted molar refractivity (Wildman–Crippen MR) is 48.1 cm³/mol. The molecule has 1 unspecified atom stereocenters. The van der Waals surface area contributed by atoms with E-state index in [0.29, 0.717) is 6.17 Å². The summed E-state index contributed by atoms with van der Waals surface area (Å²) in [5, 5.41) is 0. The Morgan fingerprint density at radius 1 is 1.36 bits per heavy atom. The summed E-state index contributed by atoms with van der Waals surface area (Å²) in [4.78, 5) is 4.49. The normalized spacial score (nSPS) is 23.3. The van der Waals surface area contributed by atoms with E-state index in [1.165, 1.54) is 0 Å². The third-order valence-electron chi connectivity index (χ3n) is 1.91. The maximum atomic E-state index is 2.29. The highest BCUT2D eigenvalue weighted by Crippen LogP contribution is 2.08. The van der Waals surface area contributed by atoms with Crippen molar-refractivity contribution in [3.8, 4) is 0 Å². The Labute approximate surface area is 68.8 Å². The largest absolute Gasteiger partial charge is 0.359 e. The Morgan fingerprint density at radius 3 is 2.55 bits per heavy atom. The Morgan fingerprint density at radius 2 is 2.09 bits per heavy atom. The molecule has 0 saturated heterocycles. The first-order valence-electron chi connectivity index (χ1n) is 4.03. The Balaban J connectivity index is 2.63. The molecule has 0 bridgehead atoms. The van der Waals surface area contributed by atoms with Crippen molar-refractivity contribution in [2.45, 2.75) is 13.1 Å². The van der Waals surface area contributed by atoms with Gasteiger partial charge in [0.1, 0.15) is 6.17 Å². The molecule has 1 aliphatic heterocycles. The van der Waals surface area contributed by atoms with Gasteiger partial charge in [0.15, 0.2) is 0 Å². The molecular weight excluding hydrogens is 136 g/mol. The number of hydrogen-bond donors (Lipinski definition) is 0. The number of allylic oxidation sites excluding steroid dienone is 2. The summed E-state index contributed by atoms with van der Waals surface area (Å²) >= 11 is 0. The number of nitrogens with zero attached hydrogens (tertiary/aromatic N) is 2. The summed E-state index contributed by atoms with van der Waals surface area (Å²) in [5.74, 6) is 0. The third kappa shape index (κ3) is 1.84. The molecule has 0 aromatic rings. The summed E-state index contributed by atoms with van der Waals surface area (Å²) in [6, 6.07) is 0. The first kappa shape index (κ1) is 8.34. The van der Waals surface area contributed by atoms with E-state index in [-0.39, 0.29) is 0 Å². The zero-order valence-electron chi connectivity index (χ0n) is 7.49. The lowest BCUT2D eigenvalue weighted by Gasteiger charge is -2.33. The van der Waals surface area contributed by atoms with E-state index >= 15 is 0 Å². The van der Waals surface area contributed by atoms with Crippen LogP contribution in [0.15, 0.2) is 24.4 Å². The molecule has 0 saturated carbocycles. The summed E-state index contributed by atoms with van der Waals surface area (Å²) < 4.78 is 0. The summed E-state index contributed by atoms with van der Waals surface area (Å²) in [5.41, 5.74) is 0. The van der Waals surface area contributed by atoms with Gasteiger partial charge < -0.3 is 4.90 Å². The Hall–Kier alpha value is -0.760. The summed E-state index contributed by atoms with van der Waals surface area (Å²) in [7, 11) is 4.19. The average Bonchev–Trinajstić information content (AvgIpc) is 2.04. The van der Waals surface area contributed by atoms with Crippen LogP contribution in [0.3, 0.4) is 0 Å². The second-order valence-corrected chi connectivity index (χ2v) is 2.93. The van der Waals surface area contributed by atoms with Crippen molar-refractivity contribution in [1.82, 2.24) is 9.80 Å². The molecule has 0 fully saturated rings. The van der Waals surface area contributed by atoms with Gasteiger partial charge >= 0.3 is 0 Å². The van der Waals surface area contributed by atoms with Crippen molar-refractivity contribution < 1.29 is 0 Å². The lowest BCUT2D eigenvalue weighted by molar-refractivity contribution is 0.170. The molecule has 0 N–H and O–H groups in total. The highest BCUT2D eigenvalue weighted by atomic mass is 15.3. The van der Waals surface area contributed by atoms with E-state index in [2.05, 4.69) is 55.2 Å². The van der Waals surface area contributed by atoms with E-state index in [9.17, 15) is 0 Å². The van der Waals surface area contributed by atoms with Crippen LogP contribution in [0.2, 0.25) is 0 Å². The molecular formula is C9H16N2. The number of likely N-dealkylation sites (N-methyl/N-ethyl adjacent to an activating group) is 2. The summed E-state index contributed by atoms with van der Waals surface area (Å²) in [6.45, 7) is 3.23. The minimum absolute atomic E-state index is 0.435. The molecule has 1 aliphatic rings. The molecule has 1 rings (SSSR count). The van der Waals surface area contributed by atoms with Crippen molar-refractivity contribution in [2.75, 3.05) is 20.6 Å². The molecule has 0 aliphatic carbocycles. The van der Waals surface area contributed by atoms with Crippen LogP contribution < -0.4 is 0 Å². The fourth-order valence-electron chi connectivity index (χ4n) is 1.28. The first-order chi connectivity index (χ1) is 5.25. The molecule has 2 nitrogen and oxygen atoms in total. The van der Waals surface area contributed by atoms with Crippen LogP contribution in [0.5, 0.6) is 0 Å². The lowest BCUT2D eigenvalue weighted by Crippen LogP contribution is -2.41. The molecule has 11 heavy (non-hydrogen) atoms. The van der Waals surface area contributed by atoms with Gasteiger partial charge in [-0.1, -0.05) is 6.08 Å². The minimum atomic E-state index is 0.435. The quantitative estimate of drug-likeness (QED) is 0.588. The topological polar surface area (TPSA) is 6.48 Å². The maximum Gasteiger partial charge on any atom is 0.100 e. The van der Waals surface area contributed by atoms with Crippen LogP contribution in [0.1, 0.15) is 6.92 Å². The SMILES string of the molecule is CCN1C=CC=CC1N(C)C. The fourth-order valence-corrected chi connectivity index (χ4v) is 1.28. The second-order valence-electron chi connectivity index (χ2n) is 2.93. The van der Waals surface area contributed by atoms with Crippen LogP contribution in [0.25, 0.3) is 0 Å². The van der Waals surface area contributed by atoms with Crippen molar-refractivity contribution in [3.05, 3.63) is 24.4 Å². The van der Waals surface area contributed by atoms with Crippen LogP contribution in [0.4, 0.5) is 0 Å². The highest BCUT2D eigenvalue weighted by Gasteiger charge is 2.13. The maximum absolute atomic E-state index is 2.29. The average molecular weight is 152 g/mol. The number of hydrogen-bond acceptors (Lipinski definition) is 2. The molecule has 0 spiro atoms. The van der Waals surface area contributed by atoms with Gasteiger partial charge in [0.2, 0.25) is 0 Å².